The van der Waals surface area contributed by atoms with E-state index < -0.39 is 0 Å². The van der Waals surface area contributed by atoms with Gasteiger partial charge in [-0.15, -0.1) is 0 Å². The quantitative estimate of drug-likeness (QED) is 0.839. The molecule has 0 radical (unpaired) electrons. The van der Waals surface area contributed by atoms with E-state index in [1.807, 2.05) is 12.1 Å². The maximum Gasteiger partial charge on any atom is 0.220 e. The van der Waals surface area contributed by atoms with Gasteiger partial charge in [0.1, 0.15) is 5.82 Å². The summed E-state index contributed by atoms with van der Waals surface area (Å²) in [5.74, 6) is 0.873. The van der Waals surface area contributed by atoms with E-state index in [0.29, 0.717) is 6.42 Å². The Morgan fingerprint density at radius 1 is 1.53 bits per heavy atom. The molecule has 104 valence electrons. The van der Waals surface area contributed by atoms with Crippen LogP contribution in [0.15, 0.2) is 18.3 Å². The molecular weight excluding hydrogens is 242 g/mol. The van der Waals surface area contributed by atoms with Crippen molar-refractivity contribution in [2.45, 2.75) is 32.2 Å². The second-order valence-electron chi connectivity index (χ2n) is 4.80. The van der Waals surface area contributed by atoms with Crippen molar-refractivity contribution in [2.24, 2.45) is 0 Å². The molecule has 2 rings (SSSR count). The Morgan fingerprint density at radius 3 is 2.89 bits per heavy atom. The van der Waals surface area contributed by atoms with Crippen LogP contribution in [0, 0.1) is 0 Å². The number of hydrogen-bond acceptors (Lipinski definition) is 4. The van der Waals surface area contributed by atoms with Crippen LogP contribution in [-0.2, 0) is 4.79 Å². The van der Waals surface area contributed by atoms with Gasteiger partial charge < -0.3 is 15.3 Å². The van der Waals surface area contributed by atoms with Crippen molar-refractivity contribution in [1.82, 2.24) is 10.3 Å². The first-order chi connectivity index (χ1) is 9.24. The van der Waals surface area contributed by atoms with Crippen molar-refractivity contribution in [3.8, 4) is 0 Å². The standard InChI is InChI=1S/C14H21N3O2/c1-2-14(19)16-12(10-18)11-5-6-15-13(9-11)17-7-3-4-8-17/h5-6,9,12,18H,2-4,7-8,10H2,1H3,(H,16,19)/t12-/m1/s1. The molecule has 1 aliphatic heterocycles. The molecule has 0 unspecified atom stereocenters. The molecule has 5 heteroatoms. The van der Waals surface area contributed by atoms with E-state index in [-0.39, 0.29) is 18.6 Å². The maximum absolute atomic E-state index is 11.4. The number of aliphatic hydroxyl groups is 1. The summed E-state index contributed by atoms with van der Waals surface area (Å²) in [6.45, 7) is 3.75. The first-order valence-electron chi connectivity index (χ1n) is 6.85. The fourth-order valence-corrected chi connectivity index (χ4v) is 2.30. The lowest BCUT2D eigenvalue weighted by atomic mass is 10.1. The summed E-state index contributed by atoms with van der Waals surface area (Å²) in [7, 11) is 0. The van der Waals surface area contributed by atoms with Crippen molar-refractivity contribution in [1.29, 1.82) is 0 Å². The van der Waals surface area contributed by atoms with Crippen LogP contribution in [-0.4, -0.2) is 35.7 Å². The van der Waals surface area contributed by atoms with Crippen LogP contribution in [0.3, 0.4) is 0 Å². The third kappa shape index (κ3) is 3.44. The average molecular weight is 263 g/mol. The molecule has 0 saturated carbocycles. The fourth-order valence-electron chi connectivity index (χ4n) is 2.30. The predicted octanol–water partition coefficient (Wildman–Crippen LogP) is 1.24. The zero-order valence-electron chi connectivity index (χ0n) is 11.3. The number of amides is 1. The van der Waals surface area contributed by atoms with Crippen molar-refractivity contribution in [3.05, 3.63) is 23.9 Å². The minimum Gasteiger partial charge on any atom is -0.394 e. The van der Waals surface area contributed by atoms with E-state index in [1.165, 1.54) is 12.8 Å². The van der Waals surface area contributed by atoms with Crippen LogP contribution in [0.25, 0.3) is 0 Å². The predicted molar refractivity (Wildman–Crippen MR) is 73.9 cm³/mol. The molecule has 1 amide bonds. The van der Waals surface area contributed by atoms with E-state index in [0.717, 1.165) is 24.5 Å². The fraction of sp³-hybridized carbons (Fsp3) is 0.571. The third-order valence-corrected chi connectivity index (χ3v) is 3.44. The monoisotopic (exact) mass is 263 g/mol. The Labute approximate surface area is 113 Å². The highest BCUT2D eigenvalue weighted by Gasteiger charge is 2.17. The van der Waals surface area contributed by atoms with E-state index in [9.17, 15) is 9.90 Å². The van der Waals surface area contributed by atoms with Gasteiger partial charge in [-0.25, -0.2) is 4.98 Å². The third-order valence-electron chi connectivity index (χ3n) is 3.44. The minimum absolute atomic E-state index is 0.0569. The van der Waals surface area contributed by atoms with Gasteiger partial charge in [-0.2, -0.15) is 0 Å². The highest BCUT2D eigenvalue weighted by Crippen LogP contribution is 2.21. The Morgan fingerprint density at radius 2 is 2.26 bits per heavy atom. The molecule has 2 heterocycles. The van der Waals surface area contributed by atoms with Gasteiger partial charge in [0.05, 0.1) is 12.6 Å². The summed E-state index contributed by atoms with van der Waals surface area (Å²) in [4.78, 5) is 18.1. The number of carbonyl (C=O) groups excluding carboxylic acids is 1. The molecule has 0 bridgehead atoms. The SMILES string of the molecule is CCC(=O)N[C@H](CO)c1ccnc(N2CCCC2)c1. The number of anilines is 1. The van der Waals surface area contributed by atoms with Crippen molar-refractivity contribution in [2.75, 3.05) is 24.6 Å². The van der Waals surface area contributed by atoms with E-state index in [4.69, 9.17) is 0 Å². The van der Waals surface area contributed by atoms with Gasteiger partial charge in [0, 0.05) is 25.7 Å². The van der Waals surface area contributed by atoms with Crippen LogP contribution in [0.2, 0.25) is 0 Å². The Kier molecular flexibility index (Phi) is 4.74. The molecular formula is C14H21N3O2. The van der Waals surface area contributed by atoms with Crippen LogP contribution in [0.1, 0.15) is 37.8 Å². The minimum atomic E-state index is -0.350. The largest absolute Gasteiger partial charge is 0.394 e. The number of rotatable bonds is 5. The number of pyridine rings is 1. The van der Waals surface area contributed by atoms with Crippen LogP contribution in [0.4, 0.5) is 5.82 Å². The first-order valence-corrected chi connectivity index (χ1v) is 6.85. The zero-order valence-corrected chi connectivity index (χ0v) is 11.3. The van der Waals surface area contributed by atoms with Crippen LogP contribution in [0.5, 0.6) is 0 Å². The molecule has 1 saturated heterocycles. The molecule has 1 aromatic heterocycles. The summed E-state index contributed by atoms with van der Waals surface area (Å²) < 4.78 is 0. The molecule has 0 aromatic carbocycles. The number of nitrogens with zero attached hydrogens (tertiary/aromatic N) is 2. The lowest BCUT2D eigenvalue weighted by molar-refractivity contribution is -0.121. The van der Waals surface area contributed by atoms with Crippen molar-refractivity contribution < 1.29 is 9.90 Å². The number of aromatic nitrogens is 1. The van der Waals surface area contributed by atoms with Crippen LogP contribution >= 0.6 is 0 Å². The summed E-state index contributed by atoms with van der Waals surface area (Å²) in [6.07, 6.45) is 4.55. The lowest BCUT2D eigenvalue weighted by Crippen LogP contribution is -2.30. The van der Waals surface area contributed by atoms with Crippen LogP contribution < -0.4 is 10.2 Å². The number of hydrogen-bond donors (Lipinski definition) is 2. The Hall–Kier alpha value is -1.62. The van der Waals surface area contributed by atoms with Crippen molar-refractivity contribution >= 4 is 11.7 Å². The maximum atomic E-state index is 11.4. The highest BCUT2D eigenvalue weighted by atomic mass is 16.3. The topological polar surface area (TPSA) is 65.5 Å². The molecule has 1 atom stereocenters. The summed E-state index contributed by atoms with van der Waals surface area (Å²) >= 11 is 0. The molecule has 5 nitrogen and oxygen atoms in total. The molecule has 1 aromatic rings. The van der Waals surface area contributed by atoms with E-state index in [1.54, 1.807) is 13.1 Å². The number of nitrogens with one attached hydrogen (secondary N) is 1. The van der Waals surface area contributed by atoms with Gasteiger partial charge in [0.2, 0.25) is 5.91 Å². The second-order valence-corrected chi connectivity index (χ2v) is 4.80. The van der Waals surface area contributed by atoms with Gasteiger partial charge in [-0.05, 0) is 30.5 Å². The van der Waals surface area contributed by atoms with Gasteiger partial charge in [-0.3, -0.25) is 4.79 Å². The van der Waals surface area contributed by atoms with E-state index >= 15 is 0 Å². The smallest absolute Gasteiger partial charge is 0.220 e. The van der Waals surface area contributed by atoms with Gasteiger partial charge in [-0.1, -0.05) is 6.92 Å². The van der Waals surface area contributed by atoms with Gasteiger partial charge in [0.25, 0.3) is 0 Å². The molecule has 0 spiro atoms. The number of aliphatic hydroxyl groups excluding tert-OH is 1. The first kappa shape index (κ1) is 13.8. The summed E-state index contributed by atoms with van der Waals surface area (Å²) in [5, 5.41) is 12.2. The normalized spacial score (nSPS) is 16.4. The second kappa shape index (κ2) is 6.52. The average Bonchev–Trinajstić information content (AvgIpc) is 2.98. The lowest BCUT2D eigenvalue weighted by Gasteiger charge is -2.20. The molecule has 1 aliphatic rings. The molecule has 0 aliphatic carbocycles. The molecule has 19 heavy (non-hydrogen) atoms. The van der Waals surface area contributed by atoms with Gasteiger partial charge in [0.15, 0.2) is 0 Å². The van der Waals surface area contributed by atoms with Gasteiger partial charge >= 0.3 is 0 Å². The summed E-state index contributed by atoms with van der Waals surface area (Å²) in [5.41, 5.74) is 0.904. The zero-order chi connectivity index (χ0) is 13.7. The van der Waals surface area contributed by atoms with Crippen molar-refractivity contribution in [3.63, 3.8) is 0 Å². The molecule has 1 fully saturated rings. The Bertz CT molecular complexity index is 430. The van der Waals surface area contributed by atoms with E-state index in [2.05, 4.69) is 15.2 Å². The highest BCUT2D eigenvalue weighted by molar-refractivity contribution is 5.76. The number of carbonyl (C=O) groups is 1. The summed E-state index contributed by atoms with van der Waals surface area (Å²) in [6, 6.07) is 3.45. The molecule has 2 N–H and O–H groups in total. The Balaban J connectivity index is 2.13.